The van der Waals surface area contributed by atoms with E-state index >= 15 is 0 Å². The number of rotatable bonds is 4. The average molecular weight is 364 g/mol. The van der Waals surface area contributed by atoms with E-state index < -0.39 is 11.7 Å². The molecule has 0 radical (unpaired) electrons. The fraction of sp³-hybridized carbons (Fsp3) is 0.286. The predicted octanol–water partition coefficient (Wildman–Crippen LogP) is 5.03. The predicted molar refractivity (Wildman–Crippen MR) is 79.0 cm³/mol. The average Bonchev–Trinajstić information content (AvgIpc) is 2.81. The van der Waals surface area contributed by atoms with Crippen molar-refractivity contribution in [3.8, 4) is 0 Å². The van der Waals surface area contributed by atoms with Gasteiger partial charge in [0.25, 0.3) is 0 Å². The van der Waals surface area contributed by atoms with Crippen LogP contribution in [0.1, 0.15) is 22.0 Å². The zero-order valence-corrected chi connectivity index (χ0v) is 13.1. The third kappa shape index (κ3) is 3.84. The summed E-state index contributed by atoms with van der Waals surface area (Å²) in [6, 6.07) is 9.27. The minimum Gasteiger partial charge on any atom is -0.313 e. The summed E-state index contributed by atoms with van der Waals surface area (Å²) in [4.78, 5) is 1.12. The Labute approximate surface area is 128 Å². The summed E-state index contributed by atoms with van der Waals surface area (Å²) in [7, 11) is 1.76. The van der Waals surface area contributed by atoms with Gasteiger partial charge in [0.1, 0.15) is 0 Å². The van der Waals surface area contributed by atoms with E-state index in [1.165, 1.54) is 12.1 Å². The van der Waals surface area contributed by atoms with E-state index in [1.807, 2.05) is 12.1 Å². The van der Waals surface area contributed by atoms with Crippen molar-refractivity contribution in [3.63, 3.8) is 0 Å². The third-order valence-corrected chi connectivity index (χ3v) is 4.64. The van der Waals surface area contributed by atoms with Gasteiger partial charge in [-0.2, -0.15) is 13.2 Å². The zero-order valence-electron chi connectivity index (χ0n) is 10.7. The zero-order chi connectivity index (χ0) is 14.8. The Hall–Kier alpha value is -0.850. The second kappa shape index (κ2) is 6.28. The molecule has 0 bridgehead atoms. The van der Waals surface area contributed by atoms with Gasteiger partial charge in [0.05, 0.1) is 9.35 Å². The molecule has 20 heavy (non-hydrogen) atoms. The maximum absolute atomic E-state index is 12.7. The number of likely N-dealkylation sites (N-methyl/N-ethyl adjacent to an activating group) is 1. The first-order valence-corrected chi connectivity index (χ1v) is 7.59. The monoisotopic (exact) mass is 363 g/mol. The molecule has 1 unspecified atom stereocenters. The number of hydrogen-bond acceptors (Lipinski definition) is 2. The first-order chi connectivity index (χ1) is 9.40. The maximum atomic E-state index is 12.7. The summed E-state index contributed by atoms with van der Waals surface area (Å²) in [5.74, 6) is 0. The van der Waals surface area contributed by atoms with Gasteiger partial charge in [-0.05, 0) is 52.8 Å². The Balaban J connectivity index is 2.23. The largest absolute Gasteiger partial charge is 0.416 e. The Morgan fingerprint density at radius 1 is 1.25 bits per heavy atom. The van der Waals surface area contributed by atoms with Crippen LogP contribution in [0.5, 0.6) is 0 Å². The lowest BCUT2D eigenvalue weighted by atomic mass is 10.0. The lowest BCUT2D eigenvalue weighted by Gasteiger charge is -2.17. The number of nitrogens with one attached hydrogen (secondary N) is 1. The SMILES string of the molecule is CNC(Cc1ccc(Br)s1)c1cccc(C(F)(F)F)c1. The Morgan fingerprint density at radius 2 is 2.00 bits per heavy atom. The van der Waals surface area contributed by atoms with Crippen LogP contribution in [0.2, 0.25) is 0 Å². The van der Waals surface area contributed by atoms with Crippen LogP contribution < -0.4 is 5.32 Å². The fourth-order valence-corrected chi connectivity index (χ4v) is 3.51. The van der Waals surface area contributed by atoms with Crippen LogP contribution in [-0.4, -0.2) is 7.05 Å². The minimum absolute atomic E-state index is 0.136. The molecule has 6 heteroatoms. The van der Waals surface area contributed by atoms with Crippen molar-refractivity contribution in [2.75, 3.05) is 7.05 Å². The molecule has 0 aliphatic carbocycles. The van der Waals surface area contributed by atoms with Gasteiger partial charge < -0.3 is 5.32 Å². The molecule has 2 aromatic rings. The van der Waals surface area contributed by atoms with E-state index in [0.717, 1.165) is 14.7 Å². The Morgan fingerprint density at radius 3 is 2.55 bits per heavy atom. The molecule has 0 fully saturated rings. The molecular formula is C14H13BrF3NS. The van der Waals surface area contributed by atoms with Crippen LogP contribution in [0.4, 0.5) is 13.2 Å². The highest BCUT2D eigenvalue weighted by Crippen LogP contribution is 2.32. The number of benzene rings is 1. The van der Waals surface area contributed by atoms with E-state index in [9.17, 15) is 13.2 Å². The lowest BCUT2D eigenvalue weighted by molar-refractivity contribution is -0.137. The summed E-state index contributed by atoms with van der Waals surface area (Å²) in [6.45, 7) is 0. The molecule has 1 aromatic carbocycles. The summed E-state index contributed by atoms with van der Waals surface area (Å²) >= 11 is 4.98. The molecule has 0 aliphatic rings. The van der Waals surface area contributed by atoms with Crippen LogP contribution in [0, 0.1) is 0 Å². The van der Waals surface area contributed by atoms with Crippen LogP contribution in [0.25, 0.3) is 0 Å². The molecule has 0 saturated heterocycles. The first kappa shape index (κ1) is 15.5. The van der Waals surface area contributed by atoms with E-state index in [-0.39, 0.29) is 6.04 Å². The molecule has 0 aliphatic heterocycles. The highest BCUT2D eigenvalue weighted by atomic mass is 79.9. The van der Waals surface area contributed by atoms with Crippen molar-refractivity contribution >= 4 is 27.3 Å². The molecule has 1 N–H and O–H groups in total. The standard InChI is InChI=1S/C14H13BrF3NS/c1-19-12(8-11-5-6-13(15)20-11)9-3-2-4-10(7-9)14(16,17)18/h2-7,12,19H,8H2,1H3. The molecule has 1 nitrogen and oxygen atoms in total. The Kier molecular flexibility index (Phi) is 4.88. The molecule has 1 heterocycles. The fourth-order valence-electron chi connectivity index (χ4n) is 1.98. The first-order valence-electron chi connectivity index (χ1n) is 5.99. The van der Waals surface area contributed by atoms with Gasteiger partial charge in [0.15, 0.2) is 0 Å². The van der Waals surface area contributed by atoms with Crippen molar-refractivity contribution < 1.29 is 13.2 Å². The van der Waals surface area contributed by atoms with Gasteiger partial charge in [0.2, 0.25) is 0 Å². The van der Waals surface area contributed by atoms with Crippen molar-refractivity contribution in [2.24, 2.45) is 0 Å². The molecular weight excluding hydrogens is 351 g/mol. The number of halogens is 4. The van der Waals surface area contributed by atoms with Gasteiger partial charge in [-0.25, -0.2) is 0 Å². The summed E-state index contributed by atoms with van der Waals surface area (Å²) in [5.41, 5.74) is 0.0365. The second-order valence-electron chi connectivity index (χ2n) is 4.37. The van der Waals surface area contributed by atoms with Crippen LogP contribution in [-0.2, 0) is 12.6 Å². The molecule has 2 rings (SSSR count). The molecule has 1 aromatic heterocycles. The maximum Gasteiger partial charge on any atom is 0.416 e. The van der Waals surface area contributed by atoms with Gasteiger partial charge in [-0.1, -0.05) is 12.1 Å². The van der Waals surface area contributed by atoms with Gasteiger partial charge >= 0.3 is 6.18 Å². The highest BCUT2D eigenvalue weighted by molar-refractivity contribution is 9.11. The minimum atomic E-state index is -4.31. The van der Waals surface area contributed by atoms with Crippen molar-refractivity contribution in [3.05, 3.63) is 56.2 Å². The third-order valence-electron chi connectivity index (χ3n) is 3.00. The number of hydrogen-bond donors (Lipinski definition) is 1. The normalized spacial score (nSPS) is 13.4. The Bertz CT molecular complexity index is 580. The van der Waals surface area contributed by atoms with Crippen LogP contribution >= 0.6 is 27.3 Å². The van der Waals surface area contributed by atoms with E-state index in [1.54, 1.807) is 24.5 Å². The molecule has 0 spiro atoms. The molecule has 1 atom stereocenters. The second-order valence-corrected chi connectivity index (χ2v) is 6.92. The molecule has 0 amide bonds. The topological polar surface area (TPSA) is 12.0 Å². The van der Waals surface area contributed by atoms with E-state index in [2.05, 4.69) is 21.2 Å². The molecule has 108 valence electrons. The summed E-state index contributed by atoms with van der Waals surface area (Å²) < 4.78 is 39.2. The lowest BCUT2D eigenvalue weighted by Crippen LogP contribution is -2.19. The van der Waals surface area contributed by atoms with Gasteiger partial charge in [-0.15, -0.1) is 11.3 Å². The van der Waals surface area contributed by atoms with E-state index in [4.69, 9.17) is 0 Å². The quantitative estimate of drug-likeness (QED) is 0.802. The summed E-state index contributed by atoms with van der Waals surface area (Å²) in [5, 5.41) is 3.08. The number of alkyl halides is 3. The van der Waals surface area contributed by atoms with Crippen molar-refractivity contribution in [2.45, 2.75) is 18.6 Å². The highest BCUT2D eigenvalue weighted by Gasteiger charge is 2.30. The number of thiophene rings is 1. The van der Waals surface area contributed by atoms with Gasteiger partial charge in [-0.3, -0.25) is 0 Å². The van der Waals surface area contributed by atoms with Gasteiger partial charge in [0, 0.05) is 17.3 Å². The van der Waals surface area contributed by atoms with Crippen molar-refractivity contribution in [1.29, 1.82) is 0 Å². The van der Waals surface area contributed by atoms with E-state index in [0.29, 0.717) is 12.0 Å². The van der Waals surface area contributed by atoms with Crippen LogP contribution in [0.3, 0.4) is 0 Å². The smallest absolute Gasteiger partial charge is 0.313 e. The van der Waals surface area contributed by atoms with Crippen LogP contribution in [0.15, 0.2) is 40.2 Å². The van der Waals surface area contributed by atoms with Crippen molar-refractivity contribution in [1.82, 2.24) is 5.32 Å². The molecule has 0 saturated carbocycles. The summed E-state index contributed by atoms with van der Waals surface area (Å²) in [6.07, 6.45) is -3.64.